The van der Waals surface area contributed by atoms with Gasteiger partial charge < -0.3 is 10.4 Å². The largest absolute Gasteiger partial charge is 0.506 e. The van der Waals surface area contributed by atoms with Crippen molar-refractivity contribution in [1.82, 2.24) is 0 Å². The minimum atomic E-state index is -0.178. The van der Waals surface area contributed by atoms with E-state index in [1.54, 1.807) is 18.2 Å². The van der Waals surface area contributed by atoms with E-state index >= 15 is 0 Å². The van der Waals surface area contributed by atoms with Crippen LogP contribution in [0.2, 0.25) is 0 Å². The van der Waals surface area contributed by atoms with Crippen molar-refractivity contribution in [3.05, 3.63) is 56.5 Å². The Morgan fingerprint density at radius 3 is 2.32 bits per heavy atom. The molecule has 0 aliphatic rings. The molecule has 2 aromatic carbocycles. The van der Waals surface area contributed by atoms with Crippen LogP contribution in [-0.4, -0.2) is 11.0 Å². The standard InChI is InChI=1S/C14H11Br2NO2/c1-8-4-2-3-5-10(8)14(19)17-9-6-11(15)13(18)12(16)7-9/h2-7,18H,1H3,(H,17,19). The first kappa shape index (κ1) is 14.1. The summed E-state index contributed by atoms with van der Waals surface area (Å²) >= 11 is 6.45. The highest BCUT2D eigenvalue weighted by molar-refractivity contribution is 9.11. The SMILES string of the molecule is Cc1ccccc1C(=O)Nc1cc(Br)c(O)c(Br)c1. The molecule has 0 heterocycles. The molecule has 0 fully saturated rings. The van der Waals surface area contributed by atoms with Crippen LogP contribution in [0.3, 0.4) is 0 Å². The number of halogens is 2. The maximum atomic E-state index is 12.1. The molecule has 5 heteroatoms. The van der Waals surface area contributed by atoms with Crippen LogP contribution in [0.1, 0.15) is 15.9 Å². The zero-order valence-electron chi connectivity index (χ0n) is 10.1. The predicted molar refractivity (Wildman–Crippen MR) is 82.6 cm³/mol. The average molecular weight is 385 g/mol. The van der Waals surface area contributed by atoms with Gasteiger partial charge in [-0.25, -0.2) is 0 Å². The highest BCUT2D eigenvalue weighted by atomic mass is 79.9. The monoisotopic (exact) mass is 383 g/mol. The zero-order valence-corrected chi connectivity index (χ0v) is 13.2. The summed E-state index contributed by atoms with van der Waals surface area (Å²) in [7, 11) is 0. The van der Waals surface area contributed by atoms with Crippen molar-refractivity contribution in [2.75, 3.05) is 5.32 Å². The number of nitrogens with one attached hydrogen (secondary N) is 1. The van der Waals surface area contributed by atoms with Gasteiger partial charge in [0.1, 0.15) is 5.75 Å². The van der Waals surface area contributed by atoms with Gasteiger partial charge in [-0.05, 0) is 62.5 Å². The van der Waals surface area contributed by atoms with E-state index in [0.717, 1.165) is 5.56 Å². The fourth-order valence-electron chi connectivity index (χ4n) is 1.66. The average Bonchev–Trinajstić information content (AvgIpc) is 2.36. The van der Waals surface area contributed by atoms with Crippen molar-refractivity contribution >= 4 is 43.5 Å². The molecule has 98 valence electrons. The summed E-state index contributed by atoms with van der Waals surface area (Å²) in [5, 5.41) is 12.4. The molecule has 0 bridgehead atoms. The van der Waals surface area contributed by atoms with Gasteiger partial charge in [-0.2, -0.15) is 0 Å². The molecule has 0 atom stereocenters. The molecule has 0 saturated heterocycles. The lowest BCUT2D eigenvalue weighted by Gasteiger charge is -2.09. The summed E-state index contributed by atoms with van der Waals surface area (Å²) < 4.78 is 1.03. The number of aryl methyl sites for hydroxylation is 1. The van der Waals surface area contributed by atoms with E-state index in [0.29, 0.717) is 20.2 Å². The fraction of sp³-hybridized carbons (Fsp3) is 0.0714. The first-order valence-electron chi connectivity index (χ1n) is 5.54. The molecule has 0 aromatic heterocycles. The molecule has 0 aliphatic carbocycles. The number of rotatable bonds is 2. The number of amides is 1. The molecule has 0 aliphatic heterocycles. The van der Waals surface area contributed by atoms with Gasteiger partial charge >= 0.3 is 0 Å². The number of hydrogen-bond acceptors (Lipinski definition) is 2. The van der Waals surface area contributed by atoms with Crippen molar-refractivity contribution < 1.29 is 9.90 Å². The number of benzene rings is 2. The van der Waals surface area contributed by atoms with Gasteiger partial charge in [0.2, 0.25) is 0 Å². The lowest BCUT2D eigenvalue weighted by atomic mass is 10.1. The summed E-state index contributed by atoms with van der Waals surface area (Å²) in [6.07, 6.45) is 0. The summed E-state index contributed by atoms with van der Waals surface area (Å²) in [5.74, 6) is -0.0727. The third-order valence-corrected chi connectivity index (χ3v) is 3.87. The van der Waals surface area contributed by atoms with Crippen LogP contribution < -0.4 is 5.32 Å². The van der Waals surface area contributed by atoms with E-state index in [1.165, 1.54) is 0 Å². The fourth-order valence-corrected chi connectivity index (χ4v) is 2.85. The number of phenolic OH excluding ortho intramolecular Hbond substituents is 1. The molecular weight excluding hydrogens is 374 g/mol. The smallest absolute Gasteiger partial charge is 0.255 e. The summed E-state index contributed by atoms with van der Waals surface area (Å²) in [5.41, 5.74) is 2.14. The Morgan fingerprint density at radius 2 is 1.74 bits per heavy atom. The Bertz CT molecular complexity index is 618. The lowest BCUT2D eigenvalue weighted by Crippen LogP contribution is -2.13. The van der Waals surface area contributed by atoms with Crippen LogP contribution in [0.15, 0.2) is 45.3 Å². The Morgan fingerprint density at radius 1 is 1.16 bits per heavy atom. The third-order valence-electron chi connectivity index (χ3n) is 2.66. The molecule has 0 radical (unpaired) electrons. The van der Waals surface area contributed by atoms with Crippen LogP contribution >= 0.6 is 31.9 Å². The van der Waals surface area contributed by atoms with Gasteiger partial charge in [0.25, 0.3) is 5.91 Å². The van der Waals surface area contributed by atoms with Crippen LogP contribution in [0.5, 0.6) is 5.75 Å². The quantitative estimate of drug-likeness (QED) is 0.750. The maximum Gasteiger partial charge on any atom is 0.255 e. The third kappa shape index (κ3) is 3.16. The first-order chi connectivity index (χ1) is 8.99. The summed E-state index contributed by atoms with van der Waals surface area (Å²) in [6, 6.07) is 10.7. The van der Waals surface area contributed by atoms with E-state index in [1.807, 2.05) is 25.1 Å². The number of hydrogen-bond donors (Lipinski definition) is 2. The molecule has 1 amide bonds. The summed E-state index contributed by atoms with van der Waals surface area (Å²) in [6.45, 7) is 1.89. The number of phenols is 1. The van der Waals surface area contributed by atoms with Crippen molar-refractivity contribution in [2.24, 2.45) is 0 Å². The summed E-state index contributed by atoms with van der Waals surface area (Å²) in [4.78, 5) is 12.1. The topological polar surface area (TPSA) is 49.3 Å². The number of aromatic hydroxyl groups is 1. The molecule has 2 N–H and O–H groups in total. The second-order valence-electron chi connectivity index (χ2n) is 4.06. The van der Waals surface area contributed by atoms with Crippen LogP contribution in [0.25, 0.3) is 0 Å². The van der Waals surface area contributed by atoms with E-state index in [2.05, 4.69) is 37.2 Å². The van der Waals surface area contributed by atoms with Crippen molar-refractivity contribution in [3.8, 4) is 5.75 Å². The van der Waals surface area contributed by atoms with Crippen molar-refractivity contribution in [3.63, 3.8) is 0 Å². The van der Waals surface area contributed by atoms with Gasteiger partial charge in [-0.1, -0.05) is 18.2 Å². The lowest BCUT2D eigenvalue weighted by molar-refractivity contribution is 0.102. The van der Waals surface area contributed by atoms with Crippen LogP contribution in [0, 0.1) is 6.92 Å². The van der Waals surface area contributed by atoms with Gasteiger partial charge in [0.05, 0.1) is 8.95 Å². The molecule has 0 saturated carbocycles. The highest BCUT2D eigenvalue weighted by Crippen LogP contribution is 2.35. The van der Waals surface area contributed by atoms with Gasteiger partial charge in [-0.3, -0.25) is 4.79 Å². The van der Waals surface area contributed by atoms with E-state index in [-0.39, 0.29) is 11.7 Å². The van der Waals surface area contributed by atoms with Gasteiger partial charge in [0.15, 0.2) is 0 Å². The molecule has 0 spiro atoms. The molecular formula is C14H11Br2NO2. The van der Waals surface area contributed by atoms with Crippen LogP contribution in [-0.2, 0) is 0 Å². The van der Waals surface area contributed by atoms with Gasteiger partial charge in [0, 0.05) is 11.3 Å². The molecule has 0 unspecified atom stereocenters. The minimum Gasteiger partial charge on any atom is -0.506 e. The molecule has 2 aromatic rings. The van der Waals surface area contributed by atoms with Crippen molar-refractivity contribution in [2.45, 2.75) is 6.92 Å². The van der Waals surface area contributed by atoms with Gasteiger partial charge in [-0.15, -0.1) is 0 Å². The Balaban J connectivity index is 2.27. The Kier molecular flexibility index (Phi) is 4.27. The molecule has 3 nitrogen and oxygen atoms in total. The minimum absolute atomic E-state index is 0.105. The zero-order chi connectivity index (χ0) is 14.0. The Labute approximate surface area is 127 Å². The highest BCUT2D eigenvalue weighted by Gasteiger charge is 2.11. The normalized spacial score (nSPS) is 10.3. The maximum absolute atomic E-state index is 12.1. The Hall–Kier alpha value is -1.33. The molecule has 19 heavy (non-hydrogen) atoms. The number of carbonyl (C=O) groups is 1. The predicted octanol–water partition coefficient (Wildman–Crippen LogP) is 4.48. The number of carbonyl (C=O) groups excluding carboxylic acids is 1. The van der Waals surface area contributed by atoms with E-state index < -0.39 is 0 Å². The second kappa shape index (κ2) is 5.75. The van der Waals surface area contributed by atoms with E-state index in [4.69, 9.17) is 0 Å². The van der Waals surface area contributed by atoms with Crippen molar-refractivity contribution in [1.29, 1.82) is 0 Å². The second-order valence-corrected chi connectivity index (χ2v) is 5.77. The number of anilines is 1. The van der Waals surface area contributed by atoms with E-state index in [9.17, 15) is 9.90 Å². The first-order valence-corrected chi connectivity index (χ1v) is 7.12. The molecule has 2 rings (SSSR count). The van der Waals surface area contributed by atoms with Crippen LogP contribution in [0.4, 0.5) is 5.69 Å².